The van der Waals surface area contributed by atoms with Gasteiger partial charge in [-0.3, -0.25) is 44.4 Å². The Balaban J connectivity index is -0.000000242. The van der Waals surface area contributed by atoms with Gasteiger partial charge in [0.1, 0.15) is 0 Å². The van der Waals surface area contributed by atoms with E-state index >= 15 is 0 Å². The Bertz CT molecular complexity index is 4870. The van der Waals surface area contributed by atoms with E-state index in [-0.39, 0.29) is 127 Å². The third-order valence-electron chi connectivity index (χ3n) is 13.1. The van der Waals surface area contributed by atoms with Crippen LogP contribution in [0, 0.1) is 0 Å². The van der Waals surface area contributed by atoms with E-state index in [4.69, 9.17) is 183 Å². The summed E-state index contributed by atoms with van der Waals surface area (Å²) in [6.07, 6.45) is 5.98. The zero-order chi connectivity index (χ0) is 90.0. The first kappa shape index (κ1) is 126. The Morgan fingerprint density at radius 1 is 0.430 bits per heavy atom. The number of carbonyl (C=O) groups is 6. The Kier molecular flexibility index (Phi) is 76.7. The molecule has 44 heteroatoms. The van der Waals surface area contributed by atoms with Crippen LogP contribution in [0.5, 0.6) is 0 Å². The van der Waals surface area contributed by atoms with Crippen molar-refractivity contribution in [1.82, 2.24) is 44.5 Å². The molecule has 5 N–H and O–H groups in total. The average molecular weight is 1970 g/mol. The van der Waals surface area contributed by atoms with E-state index in [9.17, 15) is 28.8 Å². The monoisotopic (exact) mass is 1960 g/mol. The third kappa shape index (κ3) is 51.6. The number of nitrogens with zero attached hydrogens (tertiary/aromatic N) is 8. The zero-order valence-corrected chi connectivity index (χ0v) is 79.4. The van der Waals surface area contributed by atoms with Crippen LogP contribution in [0.4, 0.5) is 0 Å². The fourth-order valence-electron chi connectivity index (χ4n) is 8.09. The van der Waals surface area contributed by atoms with Crippen LogP contribution in [0.25, 0.3) is 45.0 Å². The van der Waals surface area contributed by atoms with Gasteiger partial charge in [-0.05, 0) is 164 Å². The number of hydrogen-bond donors (Lipinski definition) is 3. The van der Waals surface area contributed by atoms with Gasteiger partial charge >= 0.3 is 72.1 Å². The molecule has 6 aromatic carbocycles. The standard InChI is InChI=1S/2C12H12Cl2N2.C12H10Cl2O4.2C10H8Cl2N2.C8H6Cl2O.C6H10O4.C2H6O.CH6N2.4CO2.2ClH.Na.H2O/c1-3-9-7-12(15-16(9)2)8-4-5-10(13)11(14)6-8;1-3-9-7-12(16(2)15-9)8-4-5-10(13)11(14)6-8;1-2-18-12(17)11(16)6-10(15)7-3-4-8(13)9(14)5-7;1-14-5-4-10(13-14)7-2-3-8(11)9(12)6-7;1-14-10(4-5-13-14)7-2-3-8(11)9(12)6-7;1-5(11)6-2-3-7(9)8(10)4-6;1-3-9-5(7)6(8)10-4-2;1-2-3;1-3-2;4*2-1-3;;;;/h2*4-7H,3H2,1-2H3;3-5H,2,6H2,1H3;2*2-6H,1H3;2-4H,1H3;3-4H2,1-2H3;2*3H,2H2,1H3;;;;;2*1H;;1H2/q;;;;;;;;;;;;;;;+1;/p-1. The molecule has 10 aromatic rings. The molecule has 0 aliphatic carbocycles. The molecule has 4 aromatic heterocycles. The Hall–Kier alpha value is -8.00. The molecule has 4 heterocycles. The number of benzene rings is 6. The van der Waals surface area contributed by atoms with Gasteiger partial charge in [-0.2, -0.15) is 58.8 Å². The van der Waals surface area contributed by atoms with Crippen molar-refractivity contribution in [3.05, 3.63) is 229 Å². The van der Waals surface area contributed by atoms with Crippen LogP contribution < -0.4 is 40.8 Å². The summed E-state index contributed by atoms with van der Waals surface area (Å²) < 4.78 is 20.5. The van der Waals surface area contributed by atoms with Gasteiger partial charge < -0.3 is 24.8 Å². The van der Waals surface area contributed by atoms with E-state index in [1.807, 2.05) is 104 Å². The molecule has 0 atom stereocenters. The topological polar surface area (TPSA) is 426 Å². The first-order chi connectivity index (χ1) is 55.3. The number of nitrogens with two attached hydrogens (primary N) is 1. The first-order valence-electron chi connectivity index (χ1n) is 33.1. The van der Waals surface area contributed by atoms with Crippen molar-refractivity contribution in [3.63, 3.8) is 0 Å². The summed E-state index contributed by atoms with van der Waals surface area (Å²) >= 11 is 70.0. The van der Waals surface area contributed by atoms with Gasteiger partial charge in [0.2, 0.25) is 5.78 Å². The summed E-state index contributed by atoms with van der Waals surface area (Å²) in [5.74, 6) is 0.336. The van der Waals surface area contributed by atoms with Crippen LogP contribution in [0.15, 0.2) is 146 Å². The average Bonchev–Trinajstić information content (AvgIpc) is 1.32. The molecular weight excluding hydrogens is 1890 g/mol. The van der Waals surface area contributed by atoms with Crippen molar-refractivity contribution in [1.29, 1.82) is 0 Å². The number of hydrazine groups is 1. The van der Waals surface area contributed by atoms with Crippen molar-refractivity contribution in [3.8, 4) is 45.0 Å². The molecule has 0 bridgehead atoms. The third-order valence-corrected chi connectivity index (χ3v) is 17.6. The molecule has 121 heavy (non-hydrogen) atoms. The minimum atomic E-state index is -1.01. The van der Waals surface area contributed by atoms with Gasteiger partial charge in [0.15, 0.2) is 11.6 Å². The molecule has 0 radical (unpaired) electrons. The second kappa shape index (κ2) is 73.5. The molecule has 0 aliphatic rings. The van der Waals surface area contributed by atoms with Crippen molar-refractivity contribution >= 4 is 224 Å². The smallest absolute Gasteiger partial charge is 0.870 e. The number of aliphatic hydroxyl groups is 1. The molecule has 29 nitrogen and oxygen atoms in total. The number of carbonyl (C=O) groups excluding carboxylic acids is 14. The van der Waals surface area contributed by atoms with Gasteiger partial charge in [0, 0.05) is 86.3 Å². The van der Waals surface area contributed by atoms with Gasteiger partial charge in [0.25, 0.3) is 0 Å². The maximum atomic E-state index is 11.7. The SMILES string of the molecule is CC(=O)c1ccc(Cl)c(Cl)c1.CCO.CCOC(=O)C(=O)CC(=O)c1ccc(Cl)c(Cl)c1.CCOC(=O)C(=O)OCC.CCc1cc(-c2ccc(Cl)c(Cl)c2)n(C)n1.CCc1cc(-c2ccc(Cl)c(Cl)c2)nn1C.CNN.Cl.Cl.Cn1ccc(-c2ccc(Cl)c(Cl)c2)n1.Cn1nccc1-c1ccc(Cl)c(Cl)c1.O=C=O.O=C=O.O=C=O.O=C=O.[Na+].[OH-]. The summed E-state index contributed by atoms with van der Waals surface area (Å²) in [5.41, 5.74) is 13.2. The maximum absolute atomic E-state index is 11.7. The predicted molar refractivity (Wildman–Crippen MR) is 463 cm³/mol. The molecule has 652 valence electrons. The Morgan fingerprint density at radius 2 is 0.769 bits per heavy atom. The molecule has 10 rings (SSSR count). The van der Waals surface area contributed by atoms with Crippen LogP contribution in [0.2, 0.25) is 60.3 Å². The molecular formula is C77H81Cl14N10NaO19. The second-order valence-electron chi connectivity index (χ2n) is 21.2. The summed E-state index contributed by atoms with van der Waals surface area (Å²) in [6.45, 7) is 12.9. The predicted octanol–water partition coefficient (Wildman–Crippen LogP) is 15.1. The summed E-state index contributed by atoms with van der Waals surface area (Å²) in [5, 5.41) is 30.7. The van der Waals surface area contributed by atoms with E-state index in [0.717, 1.165) is 63.6 Å². The van der Waals surface area contributed by atoms with Crippen molar-refractivity contribution in [2.75, 3.05) is 33.5 Å². The number of aromatic nitrogens is 8. The van der Waals surface area contributed by atoms with Gasteiger partial charge in [0.05, 0.1) is 115 Å². The van der Waals surface area contributed by atoms with Crippen LogP contribution >= 0.6 is 164 Å². The quantitative estimate of drug-likeness (QED) is 0.0133. The molecule has 0 unspecified atom stereocenters. The molecule has 0 saturated carbocycles. The summed E-state index contributed by atoms with van der Waals surface area (Å²) in [7, 11) is 9.29. The van der Waals surface area contributed by atoms with Gasteiger partial charge in [-0.25, -0.2) is 14.4 Å². The van der Waals surface area contributed by atoms with Crippen molar-refractivity contribution in [2.24, 2.45) is 34.0 Å². The summed E-state index contributed by atoms with van der Waals surface area (Å²) in [6, 6.07) is 39.3. The van der Waals surface area contributed by atoms with E-state index in [0.29, 0.717) is 60.8 Å². The van der Waals surface area contributed by atoms with E-state index in [1.165, 1.54) is 30.8 Å². The number of rotatable bonds is 14. The Labute approximate surface area is 791 Å². The van der Waals surface area contributed by atoms with E-state index < -0.39 is 35.9 Å². The molecule has 0 saturated heterocycles. The second-order valence-corrected chi connectivity index (χ2v) is 26.0. The van der Waals surface area contributed by atoms with Crippen LogP contribution in [0.3, 0.4) is 0 Å². The van der Waals surface area contributed by atoms with Gasteiger partial charge in [-0.15, -0.1) is 24.8 Å². The molecule has 0 spiro atoms. The fraction of sp³-hybridized carbons (Fsp3) is 0.247. The molecule has 0 fully saturated rings. The minimum Gasteiger partial charge on any atom is -0.870 e. The number of aliphatic hydroxyl groups excluding tert-OH is 1. The maximum Gasteiger partial charge on any atom is 1.00 e. The largest absolute Gasteiger partial charge is 1.00 e. The van der Waals surface area contributed by atoms with E-state index in [1.54, 1.807) is 92.8 Å². The Morgan fingerprint density at radius 3 is 1.08 bits per heavy atom. The molecule has 0 aliphatic heterocycles. The zero-order valence-electron chi connectivity index (χ0n) is 66.6. The molecule has 0 amide bonds. The van der Waals surface area contributed by atoms with E-state index in [2.05, 4.69) is 71.9 Å². The minimum absolute atomic E-state index is 0. The number of hydrogen-bond acceptors (Lipinski definition) is 25. The number of halogens is 14. The van der Waals surface area contributed by atoms with Crippen molar-refractivity contribution < 1.29 is 121 Å². The van der Waals surface area contributed by atoms with Crippen molar-refractivity contribution in [2.45, 2.75) is 67.7 Å². The number of aryl methyl sites for hydroxylation is 6. The number of nitrogens with one attached hydrogen (secondary N) is 1. The summed E-state index contributed by atoms with van der Waals surface area (Å²) in [4.78, 5) is 131. The van der Waals surface area contributed by atoms with Crippen LogP contribution in [-0.4, -0.2) is 143 Å². The number of Topliss-reactive ketones (excluding diaryl/α,β-unsaturated/α-hetero) is 3. The van der Waals surface area contributed by atoms with Crippen LogP contribution in [0.1, 0.15) is 87.0 Å². The first-order valence-corrected chi connectivity index (χ1v) is 37.7. The number of ketones is 3. The normalized spacial score (nSPS) is 8.91. The van der Waals surface area contributed by atoms with Crippen LogP contribution in [-0.2, 0) is 113 Å². The van der Waals surface area contributed by atoms with Gasteiger partial charge in [-0.1, -0.05) is 177 Å². The number of esters is 3. The number of ether oxygens (including phenoxy) is 3. The fourth-order valence-corrected chi connectivity index (χ4v) is 9.88.